The van der Waals surface area contributed by atoms with Gasteiger partial charge in [-0.25, -0.2) is 9.18 Å². The van der Waals surface area contributed by atoms with Gasteiger partial charge in [0.1, 0.15) is 5.82 Å². The Hall–Kier alpha value is -1.91. The van der Waals surface area contributed by atoms with Crippen molar-refractivity contribution in [1.29, 1.82) is 0 Å². The molecule has 128 valence electrons. The third-order valence-corrected chi connectivity index (χ3v) is 5.98. The van der Waals surface area contributed by atoms with E-state index >= 15 is 0 Å². The lowest BCUT2D eigenvalue weighted by atomic mass is 9.54. The lowest BCUT2D eigenvalue weighted by molar-refractivity contribution is -0.128. The zero-order chi connectivity index (χ0) is 16.7. The molecule has 0 unspecified atom stereocenters. The van der Waals surface area contributed by atoms with E-state index in [1.54, 1.807) is 6.07 Å². The summed E-state index contributed by atoms with van der Waals surface area (Å²) in [5, 5.41) is 3.07. The minimum atomic E-state index is -0.798. The number of carbonyl (C=O) groups is 2. The number of nitrogens with one attached hydrogen (secondary N) is 1. The van der Waals surface area contributed by atoms with E-state index in [2.05, 4.69) is 5.32 Å². The largest absolute Gasteiger partial charge is 0.452 e. The molecule has 0 aromatic heterocycles. The molecule has 5 rings (SSSR count). The zero-order valence-electron chi connectivity index (χ0n) is 13.5. The number of halogens is 1. The molecule has 1 N–H and O–H groups in total. The van der Waals surface area contributed by atoms with Crippen LogP contribution in [0.15, 0.2) is 24.3 Å². The van der Waals surface area contributed by atoms with Gasteiger partial charge in [-0.1, -0.05) is 12.1 Å². The fraction of sp³-hybridized carbons (Fsp3) is 0.579. The van der Waals surface area contributed by atoms with Gasteiger partial charge in [0.25, 0.3) is 5.91 Å². The van der Waals surface area contributed by atoms with Crippen LogP contribution in [-0.2, 0) is 9.53 Å². The average molecular weight is 331 g/mol. The molecule has 0 spiro atoms. The zero-order valence-corrected chi connectivity index (χ0v) is 13.5. The van der Waals surface area contributed by atoms with Crippen LogP contribution in [0.4, 0.5) is 4.39 Å². The summed E-state index contributed by atoms with van der Waals surface area (Å²) < 4.78 is 18.5. The smallest absolute Gasteiger partial charge is 0.341 e. The summed E-state index contributed by atoms with van der Waals surface area (Å²) in [7, 11) is 0. The summed E-state index contributed by atoms with van der Waals surface area (Å²) in [6.07, 6.45) is 6.23. The van der Waals surface area contributed by atoms with Crippen LogP contribution < -0.4 is 5.32 Å². The van der Waals surface area contributed by atoms with Crippen molar-refractivity contribution in [3.8, 4) is 0 Å². The highest BCUT2D eigenvalue weighted by molar-refractivity contribution is 5.91. The predicted octanol–water partition coefficient (Wildman–Crippen LogP) is 2.92. The Morgan fingerprint density at radius 3 is 2.29 bits per heavy atom. The van der Waals surface area contributed by atoms with Gasteiger partial charge >= 0.3 is 5.97 Å². The summed E-state index contributed by atoms with van der Waals surface area (Å²) in [6, 6.07) is 5.84. The molecular formula is C19H22FNO3. The van der Waals surface area contributed by atoms with E-state index in [0.29, 0.717) is 11.8 Å². The van der Waals surface area contributed by atoms with Gasteiger partial charge in [0.15, 0.2) is 6.61 Å². The van der Waals surface area contributed by atoms with Crippen LogP contribution in [0, 0.1) is 29.5 Å². The first-order valence-corrected chi connectivity index (χ1v) is 8.81. The number of carbonyl (C=O) groups excluding carboxylic acids is 2. The molecule has 0 saturated heterocycles. The first kappa shape index (κ1) is 15.6. The van der Waals surface area contributed by atoms with Crippen LogP contribution in [-0.4, -0.2) is 24.5 Å². The number of benzene rings is 1. The minimum Gasteiger partial charge on any atom is -0.452 e. The van der Waals surface area contributed by atoms with E-state index < -0.39 is 11.8 Å². The molecule has 1 aromatic rings. The Bertz CT molecular complexity index is 632. The van der Waals surface area contributed by atoms with E-state index in [9.17, 15) is 14.0 Å². The molecule has 0 heterocycles. The van der Waals surface area contributed by atoms with Crippen molar-refractivity contribution in [2.24, 2.45) is 23.7 Å². The Labute approximate surface area is 140 Å². The van der Waals surface area contributed by atoms with Gasteiger partial charge in [-0.3, -0.25) is 4.79 Å². The molecule has 0 radical (unpaired) electrons. The molecule has 1 aromatic carbocycles. The van der Waals surface area contributed by atoms with Gasteiger partial charge in [0, 0.05) is 6.04 Å². The van der Waals surface area contributed by atoms with Gasteiger partial charge in [0.2, 0.25) is 0 Å². The SMILES string of the molecule is O=C(COC(=O)c1ccccc1F)NC1C2CC3CC(C2)CC1C3. The van der Waals surface area contributed by atoms with Gasteiger partial charge in [-0.2, -0.15) is 0 Å². The summed E-state index contributed by atoms with van der Waals surface area (Å²) in [4.78, 5) is 24.0. The standard InChI is InChI=1S/C19H22FNO3/c20-16-4-2-1-3-15(16)19(23)24-10-17(22)21-18-13-6-11-5-12(8-13)9-14(18)7-11/h1-4,11-14,18H,5-10H2,(H,21,22). The fourth-order valence-electron chi connectivity index (χ4n) is 5.22. The molecule has 0 aliphatic heterocycles. The van der Waals surface area contributed by atoms with Gasteiger partial charge in [-0.15, -0.1) is 0 Å². The highest BCUT2D eigenvalue weighted by Crippen LogP contribution is 2.53. The molecule has 4 fully saturated rings. The van der Waals surface area contributed by atoms with Crippen LogP contribution in [0.1, 0.15) is 42.5 Å². The first-order valence-electron chi connectivity index (χ1n) is 8.81. The Morgan fingerprint density at radius 2 is 1.67 bits per heavy atom. The van der Waals surface area contributed by atoms with Crippen molar-refractivity contribution in [1.82, 2.24) is 5.32 Å². The minimum absolute atomic E-state index is 0.139. The van der Waals surface area contributed by atoms with Gasteiger partial charge in [-0.05, 0) is 67.9 Å². The Balaban J connectivity index is 1.31. The number of esters is 1. The summed E-state index contributed by atoms with van der Waals surface area (Å²) >= 11 is 0. The molecule has 1 amide bonds. The monoisotopic (exact) mass is 331 g/mol. The molecule has 4 aliphatic carbocycles. The van der Waals surface area contributed by atoms with Crippen molar-refractivity contribution in [2.45, 2.75) is 38.1 Å². The summed E-state index contributed by atoms with van der Waals surface area (Å²) in [6.45, 7) is -0.351. The molecule has 5 heteroatoms. The molecule has 0 atom stereocenters. The molecule has 24 heavy (non-hydrogen) atoms. The van der Waals surface area contributed by atoms with Crippen LogP contribution in [0.3, 0.4) is 0 Å². The van der Waals surface area contributed by atoms with Crippen molar-refractivity contribution in [3.63, 3.8) is 0 Å². The lowest BCUT2D eigenvalue weighted by Gasteiger charge is -2.54. The molecular weight excluding hydrogens is 309 g/mol. The van der Waals surface area contributed by atoms with Crippen molar-refractivity contribution < 1.29 is 18.7 Å². The normalized spacial score (nSPS) is 33.3. The maximum Gasteiger partial charge on any atom is 0.341 e. The van der Waals surface area contributed by atoms with Crippen LogP contribution in [0.5, 0.6) is 0 Å². The maximum absolute atomic E-state index is 13.5. The van der Waals surface area contributed by atoms with E-state index in [4.69, 9.17) is 4.74 Å². The molecule has 4 bridgehead atoms. The number of rotatable bonds is 4. The third kappa shape index (κ3) is 2.92. The highest BCUT2D eigenvalue weighted by Gasteiger charge is 2.48. The second-order valence-electron chi connectivity index (χ2n) is 7.58. The van der Waals surface area contributed by atoms with Crippen molar-refractivity contribution >= 4 is 11.9 Å². The van der Waals surface area contributed by atoms with Crippen LogP contribution >= 0.6 is 0 Å². The highest BCUT2D eigenvalue weighted by atomic mass is 19.1. The predicted molar refractivity (Wildman–Crippen MR) is 85.7 cm³/mol. The molecule has 4 saturated carbocycles. The third-order valence-electron chi connectivity index (χ3n) is 5.98. The van der Waals surface area contributed by atoms with Crippen molar-refractivity contribution in [3.05, 3.63) is 35.6 Å². The van der Waals surface area contributed by atoms with Crippen LogP contribution in [0.25, 0.3) is 0 Å². The lowest BCUT2D eigenvalue weighted by Crippen LogP contribution is -2.56. The summed E-state index contributed by atoms with van der Waals surface area (Å²) in [5.41, 5.74) is -0.139. The number of ether oxygens (including phenoxy) is 1. The average Bonchev–Trinajstić information content (AvgIpc) is 2.56. The summed E-state index contributed by atoms with van der Waals surface area (Å²) in [5.74, 6) is 1.13. The van der Waals surface area contributed by atoms with Gasteiger partial charge < -0.3 is 10.1 Å². The first-order chi connectivity index (χ1) is 11.6. The Morgan fingerprint density at radius 1 is 1.04 bits per heavy atom. The van der Waals surface area contributed by atoms with Crippen molar-refractivity contribution in [2.75, 3.05) is 6.61 Å². The topological polar surface area (TPSA) is 55.4 Å². The van der Waals surface area contributed by atoms with E-state index in [0.717, 1.165) is 11.8 Å². The van der Waals surface area contributed by atoms with E-state index in [1.807, 2.05) is 0 Å². The van der Waals surface area contributed by atoms with E-state index in [1.165, 1.54) is 50.3 Å². The second-order valence-corrected chi connectivity index (χ2v) is 7.58. The number of hydrogen-bond donors (Lipinski definition) is 1. The fourth-order valence-corrected chi connectivity index (χ4v) is 5.22. The quantitative estimate of drug-likeness (QED) is 0.863. The molecule has 4 aliphatic rings. The number of amides is 1. The molecule has 4 nitrogen and oxygen atoms in total. The van der Waals surface area contributed by atoms with E-state index in [-0.39, 0.29) is 24.1 Å². The van der Waals surface area contributed by atoms with Gasteiger partial charge in [0.05, 0.1) is 5.56 Å². The second kappa shape index (κ2) is 6.19. The maximum atomic E-state index is 13.5. The Kier molecular flexibility index (Phi) is 4.02. The number of hydrogen-bond acceptors (Lipinski definition) is 3. The van der Waals surface area contributed by atoms with Crippen LogP contribution in [0.2, 0.25) is 0 Å².